The van der Waals surface area contributed by atoms with Crippen LogP contribution in [0.15, 0.2) is 48.5 Å². The quantitative estimate of drug-likeness (QED) is 0.886. The molecule has 132 valence electrons. The number of carboxylic acid groups (broad SMARTS) is 1. The van der Waals surface area contributed by atoms with E-state index in [9.17, 15) is 13.2 Å². The topological polar surface area (TPSA) is 77.9 Å². The van der Waals surface area contributed by atoms with Gasteiger partial charge in [0.1, 0.15) is 0 Å². The first kappa shape index (κ1) is 17.6. The number of hydrogen-bond donors (Lipinski definition) is 1. The van der Waals surface area contributed by atoms with E-state index in [1.54, 1.807) is 19.2 Å². The van der Waals surface area contributed by atoms with E-state index in [0.717, 1.165) is 11.1 Å². The smallest absolute Gasteiger partial charge is 0.335 e. The zero-order chi connectivity index (χ0) is 18.0. The number of rotatable bonds is 5. The molecule has 0 saturated heterocycles. The van der Waals surface area contributed by atoms with Crippen LogP contribution in [-0.4, -0.2) is 41.7 Å². The second-order valence-electron chi connectivity index (χ2n) is 6.12. The molecule has 1 heterocycles. The Balaban J connectivity index is 1.72. The van der Waals surface area contributed by atoms with Gasteiger partial charge >= 0.3 is 5.97 Å². The predicted molar refractivity (Wildman–Crippen MR) is 94.3 cm³/mol. The van der Waals surface area contributed by atoms with Crippen LogP contribution in [0.2, 0.25) is 0 Å². The van der Waals surface area contributed by atoms with Crippen LogP contribution in [-0.2, 0) is 29.7 Å². The second kappa shape index (κ2) is 6.95. The molecule has 1 N–H and O–H groups in total. The molecule has 0 unspecified atom stereocenters. The molecule has 0 atom stereocenters. The Morgan fingerprint density at radius 2 is 1.76 bits per heavy atom. The van der Waals surface area contributed by atoms with Crippen LogP contribution in [0.3, 0.4) is 0 Å². The van der Waals surface area contributed by atoms with Crippen molar-refractivity contribution in [2.24, 2.45) is 0 Å². The van der Waals surface area contributed by atoms with Crippen LogP contribution >= 0.6 is 0 Å². The highest BCUT2D eigenvalue weighted by molar-refractivity contribution is 7.86. The maximum Gasteiger partial charge on any atom is 0.335 e. The molecule has 6 nitrogen and oxygen atoms in total. The molecule has 0 aromatic heterocycles. The van der Waals surface area contributed by atoms with Gasteiger partial charge in [0.25, 0.3) is 10.2 Å². The van der Waals surface area contributed by atoms with Crippen molar-refractivity contribution in [3.8, 4) is 0 Å². The van der Waals surface area contributed by atoms with Gasteiger partial charge in [-0.2, -0.15) is 17.0 Å². The Labute approximate surface area is 147 Å². The molecule has 0 bridgehead atoms. The van der Waals surface area contributed by atoms with Gasteiger partial charge < -0.3 is 5.11 Å². The Kier molecular flexibility index (Phi) is 4.89. The van der Waals surface area contributed by atoms with Crippen LogP contribution in [0.5, 0.6) is 0 Å². The minimum absolute atomic E-state index is 0.182. The molecule has 0 amide bonds. The lowest BCUT2D eigenvalue weighted by atomic mass is 10.0. The lowest BCUT2D eigenvalue weighted by molar-refractivity contribution is 0.0697. The van der Waals surface area contributed by atoms with Crippen molar-refractivity contribution in [1.29, 1.82) is 0 Å². The molecule has 1 aliphatic heterocycles. The summed E-state index contributed by atoms with van der Waals surface area (Å²) in [6.07, 6.45) is 0.705. The van der Waals surface area contributed by atoms with E-state index in [-0.39, 0.29) is 12.1 Å². The molecule has 0 radical (unpaired) electrons. The van der Waals surface area contributed by atoms with Gasteiger partial charge in [0, 0.05) is 26.7 Å². The summed E-state index contributed by atoms with van der Waals surface area (Å²) in [7, 11) is -2.04. The average molecular weight is 360 g/mol. The van der Waals surface area contributed by atoms with Crippen LogP contribution in [0.25, 0.3) is 0 Å². The van der Waals surface area contributed by atoms with Gasteiger partial charge in [-0.1, -0.05) is 36.4 Å². The summed E-state index contributed by atoms with van der Waals surface area (Å²) in [4.78, 5) is 10.9. The van der Waals surface area contributed by atoms with E-state index >= 15 is 0 Å². The van der Waals surface area contributed by atoms with Gasteiger partial charge in [-0.05, 0) is 35.2 Å². The minimum Gasteiger partial charge on any atom is -0.478 e. The van der Waals surface area contributed by atoms with E-state index in [1.807, 2.05) is 24.3 Å². The first-order valence-electron chi connectivity index (χ1n) is 7.98. The van der Waals surface area contributed by atoms with E-state index in [1.165, 1.54) is 26.3 Å². The van der Waals surface area contributed by atoms with Crippen molar-refractivity contribution in [3.05, 3.63) is 70.8 Å². The Bertz CT molecular complexity index is 878. The molecule has 1 aliphatic rings. The highest BCUT2D eigenvalue weighted by Gasteiger charge is 2.30. The van der Waals surface area contributed by atoms with Crippen molar-refractivity contribution in [3.63, 3.8) is 0 Å². The fourth-order valence-electron chi connectivity index (χ4n) is 2.96. The maximum atomic E-state index is 12.8. The third-order valence-corrected chi connectivity index (χ3v) is 6.30. The molecule has 0 aliphatic carbocycles. The van der Waals surface area contributed by atoms with Gasteiger partial charge in [0.05, 0.1) is 5.56 Å². The lowest BCUT2D eigenvalue weighted by Crippen LogP contribution is -2.43. The van der Waals surface area contributed by atoms with Crippen molar-refractivity contribution < 1.29 is 18.3 Å². The Morgan fingerprint density at radius 1 is 1.12 bits per heavy atom. The van der Waals surface area contributed by atoms with Crippen LogP contribution in [0.1, 0.15) is 27.0 Å². The number of fused-ring (bicyclic) bond motifs is 1. The third-order valence-electron chi connectivity index (χ3n) is 4.42. The highest BCUT2D eigenvalue weighted by atomic mass is 32.2. The zero-order valence-corrected chi connectivity index (χ0v) is 14.7. The van der Waals surface area contributed by atoms with Crippen molar-refractivity contribution in [2.75, 3.05) is 13.6 Å². The largest absolute Gasteiger partial charge is 0.478 e. The summed E-state index contributed by atoms with van der Waals surface area (Å²) in [5.41, 5.74) is 3.16. The zero-order valence-electron chi connectivity index (χ0n) is 13.9. The molecule has 0 saturated carbocycles. The summed E-state index contributed by atoms with van der Waals surface area (Å²) in [5, 5.41) is 8.92. The van der Waals surface area contributed by atoms with Crippen LogP contribution in [0, 0.1) is 0 Å². The normalized spacial score (nSPS) is 15.1. The number of carbonyl (C=O) groups is 1. The van der Waals surface area contributed by atoms with Crippen LogP contribution in [0.4, 0.5) is 0 Å². The number of hydrogen-bond acceptors (Lipinski definition) is 3. The Hall–Kier alpha value is -2.22. The molecule has 7 heteroatoms. The SMILES string of the molecule is CN(Cc1ccc(C(=O)O)cc1)S(=O)(=O)N1CCc2ccccc2C1. The standard InChI is InChI=1S/C18H20N2O4S/c1-19(12-14-6-8-16(9-7-14)18(21)22)25(23,24)20-11-10-15-4-2-3-5-17(15)13-20/h2-9H,10-13H2,1H3,(H,21,22). The van der Waals surface area contributed by atoms with Gasteiger partial charge in [-0.25, -0.2) is 4.79 Å². The molecular weight excluding hydrogens is 340 g/mol. The monoisotopic (exact) mass is 360 g/mol. The van der Waals surface area contributed by atoms with E-state index in [0.29, 0.717) is 19.5 Å². The van der Waals surface area contributed by atoms with E-state index in [4.69, 9.17) is 5.11 Å². The number of nitrogens with zero attached hydrogens (tertiary/aromatic N) is 2. The van der Waals surface area contributed by atoms with Crippen molar-refractivity contribution >= 4 is 16.2 Å². The fraction of sp³-hybridized carbons (Fsp3) is 0.278. The minimum atomic E-state index is -3.58. The summed E-state index contributed by atoms with van der Waals surface area (Å²) in [6.45, 7) is 1.03. The maximum absolute atomic E-state index is 12.8. The number of carboxylic acids is 1. The molecule has 2 aromatic rings. The molecule has 25 heavy (non-hydrogen) atoms. The molecule has 3 rings (SSSR count). The average Bonchev–Trinajstić information content (AvgIpc) is 2.61. The second-order valence-corrected chi connectivity index (χ2v) is 8.15. The third kappa shape index (κ3) is 3.73. The summed E-state index contributed by atoms with van der Waals surface area (Å²) >= 11 is 0. The Morgan fingerprint density at radius 3 is 2.40 bits per heavy atom. The first-order chi connectivity index (χ1) is 11.9. The van der Waals surface area contributed by atoms with Crippen molar-refractivity contribution in [2.45, 2.75) is 19.5 Å². The number of benzene rings is 2. The van der Waals surface area contributed by atoms with Gasteiger partial charge in [0.2, 0.25) is 0 Å². The van der Waals surface area contributed by atoms with E-state index < -0.39 is 16.2 Å². The van der Waals surface area contributed by atoms with Crippen molar-refractivity contribution in [1.82, 2.24) is 8.61 Å². The summed E-state index contributed by atoms with van der Waals surface area (Å²) in [5.74, 6) is -1.00. The van der Waals surface area contributed by atoms with Gasteiger partial charge in [0.15, 0.2) is 0 Å². The lowest BCUT2D eigenvalue weighted by Gasteiger charge is -2.31. The highest BCUT2D eigenvalue weighted by Crippen LogP contribution is 2.22. The van der Waals surface area contributed by atoms with Gasteiger partial charge in [-0.3, -0.25) is 0 Å². The van der Waals surface area contributed by atoms with Gasteiger partial charge in [-0.15, -0.1) is 0 Å². The fourth-order valence-corrected chi connectivity index (χ4v) is 4.29. The van der Waals surface area contributed by atoms with Crippen LogP contribution < -0.4 is 0 Å². The predicted octanol–water partition coefficient (Wildman–Crippen LogP) is 2.12. The molecule has 0 fully saturated rings. The summed E-state index contributed by atoms with van der Waals surface area (Å²) < 4.78 is 28.5. The molecule has 0 spiro atoms. The first-order valence-corrected chi connectivity index (χ1v) is 9.38. The summed E-state index contributed by atoms with van der Waals surface area (Å²) in [6, 6.07) is 14.1. The molecular formula is C18H20N2O4S. The number of aromatic carboxylic acids is 1. The molecule has 2 aromatic carbocycles. The van der Waals surface area contributed by atoms with E-state index in [2.05, 4.69) is 0 Å².